The summed E-state index contributed by atoms with van der Waals surface area (Å²) in [6, 6.07) is 3.73. The van der Waals surface area contributed by atoms with E-state index in [-0.39, 0.29) is 23.3 Å². The SMILES string of the molecule is NC(=O)C[C@@H](NC(=O)Cc1cc(=O)oc2cc(O)ccc12)C(=O)NCC(=O)O. The van der Waals surface area contributed by atoms with Gasteiger partial charge < -0.3 is 31.0 Å². The number of carbonyl (C=O) groups excluding carboxylic acids is 3. The summed E-state index contributed by atoms with van der Waals surface area (Å²) >= 11 is 0. The van der Waals surface area contributed by atoms with Gasteiger partial charge in [0.1, 0.15) is 23.9 Å². The third-order valence-electron chi connectivity index (χ3n) is 3.64. The maximum absolute atomic E-state index is 12.3. The third kappa shape index (κ3) is 5.56. The summed E-state index contributed by atoms with van der Waals surface area (Å²) in [5, 5.41) is 22.8. The Morgan fingerprint density at radius 3 is 2.54 bits per heavy atom. The van der Waals surface area contributed by atoms with Crippen molar-refractivity contribution in [2.24, 2.45) is 5.73 Å². The number of carboxylic acids is 1. The summed E-state index contributed by atoms with van der Waals surface area (Å²) in [4.78, 5) is 57.7. The van der Waals surface area contributed by atoms with Crippen molar-refractivity contribution >= 4 is 34.7 Å². The van der Waals surface area contributed by atoms with Gasteiger partial charge in [-0.2, -0.15) is 0 Å². The average molecular weight is 391 g/mol. The van der Waals surface area contributed by atoms with Gasteiger partial charge in [0.25, 0.3) is 0 Å². The summed E-state index contributed by atoms with van der Waals surface area (Å²) in [6.07, 6.45) is -0.878. The van der Waals surface area contributed by atoms with E-state index in [0.717, 1.165) is 6.07 Å². The highest BCUT2D eigenvalue weighted by molar-refractivity contribution is 5.94. The second kappa shape index (κ2) is 8.66. The summed E-state index contributed by atoms with van der Waals surface area (Å²) in [7, 11) is 0. The molecule has 0 fully saturated rings. The molecule has 2 rings (SSSR count). The van der Waals surface area contributed by atoms with Crippen molar-refractivity contribution in [3.8, 4) is 5.75 Å². The Labute approximate surface area is 157 Å². The maximum atomic E-state index is 12.3. The van der Waals surface area contributed by atoms with Crippen LogP contribution in [-0.2, 0) is 25.6 Å². The van der Waals surface area contributed by atoms with Gasteiger partial charge in [0, 0.05) is 17.5 Å². The van der Waals surface area contributed by atoms with Gasteiger partial charge >= 0.3 is 11.6 Å². The number of primary amides is 1. The van der Waals surface area contributed by atoms with E-state index in [9.17, 15) is 29.1 Å². The van der Waals surface area contributed by atoms with Crippen LogP contribution >= 0.6 is 0 Å². The lowest BCUT2D eigenvalue weighted by Crippen LogP contribution is -2.49. The fourth-order valence-electron chi connectivity index (χ4n) is 2.48. The van der Waals surface area contributed by atoms with Gasteiger partial charge in [-0.05, 0) is 17.7 Å². The molecule has 1 atom stereocenters. The first kappa shape index (κ1) is 20.4. The second-order valence-corrected chi connectivity index (χ2v) is 5.85. The van der Waals surface area contributed by atoms with Crippen LogP contribution in [0.3, 0.4) is 0 Å². The number of carbonyl (C=O) groups is 4. The number of benzene rings is 1. The zero-order chi connectivity index (χ0) is 20.8. The molecule has 28 heavy (non-hydrogen) atoms. The zero-order valence-electron chi connectivity index (χ0n) is 14.4. The largest absolute Gasteiger partial charge is 0.508 e. The molecular weight excluding hydrogens is 374 g/mol. The molecule has 1 aromatic carbocycles. The van der Waals surface area contributed by atoms with Crippen molar-refractivity contribution in [2.45, 2.75) is 18.9 Å². The van der Waals surface area contributed by atoms with Gasteiger partial charge in [-0.25, -0.2) is 4.79 Å². The van der Waals surface area contributed by atoms with Crippen LogP contribution in [0, 0.1) is 0 Å². The molecule has 148 valence electrons. The van der Waals surface area contributed by atoms with Crippen LogP contribution in [0.4, 0.5) is 0 Å². The minimum absolute atomic E-state index is 0.0724. The minimum Gasteiger partial charge on any atom is -0.508 e. The fourth-order valence-corrected chi connectivity index (χ4v) is 2.48. The minimum atomic E-state index is -1.38. The molecule has 6 N–H and O–H groups in total. The van der Waals surface area contributed by atoms with E-state index < -0.39 is 48.3 Å². The summed E-state index contributed by atoms with van der Waals surface area (Å²) in [5.74, 6) is -3.91. The lowest BCUT2D eigenvalue weighted by atomic mass is 10.1. The molecule has 0 saturated heterocycles. The van der Waals surface area contributed by atoms with Gasteiger partial charge in [0.15, 0.2) is 0 Å². The Bertz CT molecular complexity index is 998. The molecule has 0 spiro atoms. The Morgan fingerprint density at radius 2 is 1.89 bits per heavy atom. The van der Waals surface area contributed by atoms with Crippen LogP contribution in [0.1, 0.15) is 12.0 Å². The van der Waals surface area contributed by atoms with Crippen LogP contribution in [0.5, 0.6) is 5.75 Å². The van der Waals surface area contributed by atoms with E-state index in [1.54, 1.807) is 0 Å². The number of nitrogens with one attached hydrogen (secondary N) is 2. The molecule has 0 bridgehead atoms. The number of carboxylic acid groups (broad SMARTS) is 1. The Kier molecular flexibility index (Phi) is 6.32. The quantitative estimate of drug-likeness (QED) is 0.340. The van der Waals surface area contributed by atoms with Crippen LogP contribution in [0.15, 0.2) is 33.5 Å². The van der Waals surface area contributed by atoms with Crippen LogP contribution in [0.25, 0.3) is 11.0 Å². The Morgan fingerprint density at radius 1 is 1.18 bits per heavy atom. The lowest BCUT2D eigenvalue weighted by Gasteiger charge is -2.17. The van der Waals surface area contributed by atoms with E-state index >= 15 is 0 Å². The summed E-state index contributed by atoms with van der Waals surface area (Å²) in [6.45, 7) is -0.697. The molecule has 3 amide bonds. The highest BCUT2D eigenvalue weighted by Gasteiger charge is 2.23. The predicted octanol–water partition coefficient (Wildman–Crippen LogP) is -1.40. The van der Waals surface area contributed by atoms with Crippen molar-refractivity contribution < 1.29 is 33.8 Å². The van der Waals surface area contributed by atoms with Crippen molar-refractivity contribution in [1.29, 1.82) is 0 Å². The molecular formula is C17H17N3O8. The number of hydrogen-bond acceptors (Lipinski definition) is 7. The topological polar surface area (TPSA) is 189 Å². The van der Waals surface area contributed by atoms with Crippen molar-refractivity contribution in [3.63, 3.8) is 0 Å². The normalized spacial score (nSPS) is 11.6. The number of aromatic hydroxyl groups is 1. The Hall–Kier alpha value is -3.89. The number of rotatable bonds is 8. The number of phenols is 1. The van der Waals surface area contributed by atoms with Crippen LogP contribution in [-0.4, -0.2) is 46.5 Å². The third-order valence-corrected chi connectivity index (χ3v) is 3.64. The zero-order valence-corrected chi connectivity index (χ0v) is 14.4. The predicted molar refractivity (Wildman–Crippen MR) is 94.2 cm³/mol. The molecule has 0 aliphatic heterocycles. The molecule has 0 saturated carbocycles. The van der Waals surface area contributed by atoms with E-state index in [1.165, 1.54) is 18.2 Å². The first-order valence-electron chi connectivity index (χ1n) is 7.98. The first-order chi connectivity index (χ1) is 13.2. The smallest absolute Gasteiger partial charge is 0.336 e. The second-order valence-electron chi connectivity index (χ2n) is 5.85. The number of amides is 3. The van der Waals surface area contributed by atoms with Crippen molar-refractivity contribution in [3.05, 3.63) is 40.2 Å². The van der Waals surface area contributed by atoms with Gasteiger partial charge in [-0.1, -0.05) is 0 Å². The highest BCUT2D eigenvalue weighted by atomic mass is 16.4. The number of hydrogen-bond donors (Lipinski definition) is 5. The molecule has 11 heteroatoms. The lowest BCUT2D eigenvalue weighted by molar-refractivity contribution is -0.138. The van der Waals surface area contributed by atoms with E-state index in [1.807, 2.05) is 5.32 Å². The van der Waals surface area contributed by atoms with Gasteiger partial charge in [0.2, 0.25) is 17.7 Å². The number of aliphatic carboxylic acids is 1. The number of nitrogens with two attached hydrogens (primary N) is 1. The maximum Gasteiger partial charge on any atom is 0.336 e. The van der Waals surface area contributed by atoms with E-state index in [2.05, 4.69) is 5.32 Å². The molecule has 0 radical (unpaired) electrons. The summed E-state index contributed by atoms with van der Waals surface area (Å²) < 4.78 is 4.96. The van der Waals surface area contributed by atoms with Crippen molar-refractivity contribution in [1.82, 2.24) is 10.6 Å². The van der Waals surface area contributed by atoms with Gasteiger partial charge in [0.05, 0.1) is 12.8 Å². The molecule has 0 unspecified atom stereocenters. The average Bonchev–Trinajstić information content (AvgIpc) is 2.57. The first-order valence-corrected chi connectivity index (χ1v) is 7.98. The van der Waals surface area contributed by atoms with E-state index in [0.29, 0.717) is 5.39 Å². The Balaban J connectivity index is 2.19. The van der Waals surface area contributed by atoms with Crippen LogP contribution in [0.2, 0.25) is 0 Å². The highest BCUT2D eigenvalue weighted by Crippen LogP contribution is 2.22. The van der Waals surface area contributed by atoms with Gasteiger partial charge in [-0.3, -0.25) is 19.2 Å². The molecule has 0 aliphatic rings. The van der Waals surface area contributed by atoms with Crippen molar-refractivity contribution in [2.75, 3.05) is 6.54 Å². The molecule has 11 nitrogen and oxygen atoms in total. The molecule has 2 aromatic rings. The van der Waals surface area contributed by atoms with Gasteiger partial charge in [-0.15, -0.1) is 0 Å². The number of phenolic OH excluding ortho intramolecular Hbond substituents is 1. The molecule has 1 heterocycles. The standard InChI is InChI=1S/C17H17N3O8/c18-13(22)6-11(17(27)19-7-15(24)25)20-14(23)3-8-4-16(26)28-12-5-9(21)1-2-10(8)12/h1-2,4-5,11,21H,3,6-7H2,(H2,18,22)(H,19,27)(H,20,23)(H,24,25)/t11-/m1/s1. The van der Waals surface area contributed by atoms with E-state index in [4.69, 9.17) is 15.3 Å². The van der Waals surface area contributed by atoms with Crippen LogP contribution < -0.4 is 22.0 Å². The number of fused-ring (bicyclic) bond motifs is 1. The molecule has 1 aromatic heterocycles. The molecule has 0 aliphatic carbocycles. The monoisotopic (exact) mass is 391 g/mol. The summed E-state index contributed by atoms with van der Waals surface area (Å²) in [5.41, 5.74) is 4.66. The fraction of sp³-hybridized carbons (Fsp3) is 0.235.